The van der Waals surface area contributed by atoms with Crippen LogP contribution < -0.4 is 10.0 Å². The number of likely N-dealkylation sites (tertiary alicyclic amines) is 1. The van der Waals surface area contributed by atoms with Gasteiger partial charge >= 0.3 is 6.03 Å². The maximum atomic E-state index is 12.6. The molecule has 3 rings (SSSR count). The van der Waals surface area contributed by atoms with Gasteiger partial charge in [-0.15, -0.1) is 0 Å². The smallest absolute Gasteiger partial charge is 0.321 e. The second kappa shape index (κ2) is 8.37. The lowest BCUT2D eigenvalue weighted by Gasteiger charge is -2.26. The number of para-hydroxylation sites is 1. The summed E-state index contributed by atoms with van der Waals surface area (Å²) in [4.78, 5) is 14.0. The number of hydrogen-bond acceptors (Lipinski definition) is 3. The number of halogens is 2. The molecular formula is C18H19Cl2N3O3S. The van der Waals surface area contributed by atoms with Crippen LogP contribution in [0, 0.1) is 0 Å². The first-order valence-electron chi connectivity index (χ1n) is 8.50. The van der Waals surface area contributed by atoms with Crippen LogP contribution >= 0.6 is 23.2 Å². The quantitative estimate of drug-likeness (QED) is 0.734. The average molecular weight is 428 g/mol. The van der Waals surface area contributed by atoms with E-state index in [0.717, 1.165) is 32.4 Å². The van der Waals surface area contributed by atoms with Gasteiger partial charge in [0.2, 0.25) is 0 Å². The number of urea groups is 1. The molecule has 6 nitrogen and oxygen atoms in total. The molecule has 1 heterocycles. The van der Waals surface area contributed by atoms with Crippen LogP contribution in [0.2, 0.25) is 10.0 Å². The van der Waals surface area contributed by atoms with Crippen LogP contribution in [0.3, 0.4) is 0 Å². The molecule has 2 amide bonds. The fourth-order valence-electron chi connectivity index (χ4n) is 2.81. The normalized spacial score (nSPS) is 14.7. The molecule has 1 aliphatic rings. The van der Waals surface area contributed by atoms with Crippen molar-refractivity contribution in [1.29, 1.82) is 0 Å². The molecule has 27 heavy (non-hydrogen) atoms. The number of carbonyl (C=O) groups excluding carboxylic acids is 1. The van der Waals surface area contributed by atoms with Crippen molar-refractivity contribution in [3.63, 3.8) is 0 Å². The summed E-state index contributed by atoms with van der Waals surface area (Å²) in [6.07, 6.45) is 3.14. The maximum absolute atomic E-state index is 12.6. The SMILES string of the molecule is O=C(Nc1ccc(S(=O)(=O)Nc2c(Cl)cccc2Cl)cc1)N1CCCCC1. The molecule has 1 fully saturated rings. The largest absolute Gasteiger partial charge is 0.325 e. The molecule has 0 aliphatic carbocycles. The zero-order valence-electron chi connectivity index (χ0n) is 14.4. The van der Waals surface area contributed by atoms with E-state index >= 15 is 0 Å². The number of nitrogens with one attached hydrogen (secondary N) is 2. The highest BCUT2D eigenvalue weighted by atomic mass is 35.5. The molecule has 0 saturated carbocycles. The summed E-state index contributed by atoms with van der Waals surface area (Å²) >= 11 is 12.0. The van der Waals surface area contributed by atoms with Gasteiger partial charge in [-0.05, 0) is 55.7 Å². The Morgan fingerprint density at radius 2 is 1.52 bits per heavy atom. The molecule has 0 bridgehead atoms. The van der Waals surface area contributed by atoms with Gasteiger partial charge in [0.1, 0.15) is 0 Å². The molecule has 2 N–H and O–H groups in total. The Labute approximate surface area is 168 Å². The second-order valence-corrected chi connectivity index (χ2v) is 8.70. The number of benzene rings is 2. The summed E-state index contributed by atoms with van der Waals surface area (Å²) in [6.45, 7) is 1.47. The van der Waals surface area contributed by atoms with Crippen molar-refractivity contribution in [3.05, 3.63) is 52.5 Å². The number of piperidine rings is 1. The number of anilines is 2. The van der Waals surface area contributed by atoms with E-state index in [1.807, 2.05) is 0 Å². The summed E-state index contributed by atoms with van der Waals surface area (Å²) in [5, 5.41) is 3.20. The molecule has 2 aromatic rings. The van der Waals surface area contributed by atoms with E-state index in [-0.39, 0.29) is 26.7 Å². The van der Waals surface area contributed by atoms with Crippen LogP contribution in [0.5, 0.6) is 0 Å². The minimum Gasteiger partial charge on any atom is -0.325 e. The van der Waals surface area contributed by atoms with Crippen molar-refractivity contribution in [2.45, 2.75) is 24.2 Å². The molecule has 0 radical (unpaired) electrons. The van der Waals surface area contributed by atoms with E-state index in [0.29, 0.717) is 5.69 Å². The molecule has 1 saturated heterocycles. The standard InChI is InChI=1S/C18H19Cl2N3O3S/c19-15-5-4-6-16(20)17(15)22-27(25,26)14-9-7-13(8-10-14)21-18(24)23-11-2-1-3-12-23/h4-10,22H,1-3,11-12H2,(H,21,24). The molecule has 144 valence electrons. The van der Waals surface area contributed by atoms with Crippen LogP contribution in [0.4, 0.5) is 16.2 Å². The van der Waals surface area contributed by atoms with Crippen LogP contribution in [0.15, 0.2) is 47.4 Å². The van der Waals surface area contributed by atoms with Crippen molar-refractivity contribution < 1.29 is 13.2 Å². The van der Waals surface area contributed by atoms with Crippen molar-refractivity contribution >= 4 is 50.6 Å². The summed E-state index contributed by atoms with van der Waals surface area (Å²) < 4.78 is 27.5. The van der Waals surface area contributed by atoms with E-state index in [9.17, 15) is 13.2 Å². The van der Waals surface area contributed by atoms with Gasteiger partial charge in [0.05, 0.1) is 20.6 Å². The molecular weight excluding hydrogens is 409 g/mol. The third-order valence-electron chi connectivity index (χ3n) is 4.26. The number of rotatable bonds is 4. The number of hydrogen-bond donors (Lipinski definition) is 2. The molecule has 0 aromatic heterocycles. The lowest BCUT2D eigenvalue weighted by molar-refractivity contribution is 0.200. The Morgan fingerprint density at radius 1 is 0.926 bits per heavy atom. The van der Waals surface area contributed by atoms with Crippen molar-refractivity contribution in [3.8, 4) is 0 Å². The summed E-state index contributed by atoms with van der Waals surface area (Å²) in [5.74, 6) is 0. The first-order chi connectivity index (χ1) is 12.9. The van der Waals surface area contributed by atoms with Crippen LogP contribution in [-0.2, 0) is 10.0 Å². The third kappa shape index (κ3) is 4.86. The van der Waals surface area contributed by atoms with Crippen LogP contribution in [0.25, 0.3) is 0 Å². The topological polar surface area (TPSA) is 78.5 Å². The highest BCUT2D eigenvalue weighted by Gasteiger charge is 2.19. The monoisotopic (exact) mass is 427 g/mol. The van der Waals surface area contributed by atoms with Crippen LogP contribution in [0.1, 0.15) is 19.3 Å². The molecule has 1 aliphatic heterocycles. The number of amides is 2. The average Bonchev–Trinajstić information content (AvgIpc) is 2.66. The second-order valence-electron chi connectivity index (χ2n) is 6.20. The van der Waals surface area contributed by atoms with E-state index < -0.39 is 10.0 Å². The fourth-order valence-corrected chi connectivity index (χ4v) is 4.51. The first-order valence-corrected chi connectivity index (χ1v) is 10.7. The fraction of sp³-hybridized carbons (Fsp3) is 0.278. The van der Waals surface area contributed by atoms with E-state index in [1.165, 1.54) is 12.1 Å². The number of nitrogens with zero attached hydrogens (tertiary/aromatic N) is 1. The summed E-state index contributed by atoms with van der Waals surface area (Å²) in [5.41, 5.74) is 0.656. The number of sulfonamides is 1. The minimum absolute atomic E-state index is 0.0365. The Kier molecular flexibility index (Phi) is 6.14. The minimum atomic E-state index is -3.87. The van der Waals surface area contributed by atoms with E-state index in [1.54, 1.807) is 35.2 Å². The van der Waals surface area contributed by atoms with Gasteiger partial charge in [-0.3, -0.25) is 4.72 Å². The Morgan fingerprint density at radius 3 is 2.11 bits per heavy atom. The van der Waals surface area contributed by atoms with Gasteiger partial charge in [-0.2, -0.15) is 0 Å². The van der Waals surface area contributed by atoms with E-state index in [2.05, 4.69) is 10.0 Å². The van der Waals surface area contributed by atoms with Gasteiger partial charge in [0.25, 0.3) is 10.0 Å². The van der Waals surface area contributed by atoms with Crippen LogP contribution in [-0.4, -0.2) is 32.4 Å². The van der Waals surface area contributed by atoms with Gasteiger partial charge < -0.3 is 10.2 Å². The predicted octanol–water partition coefficient (Wildman–Crippen LogP) is 4.81. The highest BCUT2D eigenvalue weighted by Crippen LogP contribution is 2.32. The Hall–Kier alpha value is -1.96. The molecule has 0 spiro atoms. The number of carbonyl (C=O) groups is 1. The van der Waals surface area contributed by atoms with Gasteiger partial charge in [0.15, 0.2) is 0 Å². The van der Waals surface area contributed by atoms with Crippen molar-refractivity contribution in [2.75, 3.05) is 23.1 Å². The van der Waals surface area contributed by atoms with Gasteiger partial charge in [-0.25, -0.2) is 13.2 Å². The first kappa shape index (κ1) is 19.8. The Balaban J connectivity index is 1.71. The van der Waals surface area contributed by atoms with E-state index in [4.69, 9.17) is 23.2 Å². The zero-order chi connectivity index (χ0) is 19.4. The van der Waals surface area contributed by atoms with Crippen molar-refractivity contribution in [2.24, 2.45) is 0 Å². The predicted molar refractivity (Wildman–Crippen MR) is 108 cm³/mol. The lowest BCUT2D eigenvalue weighted by Crippen LogP contribution is -2.38. The summed E-state index contributed by atoms with van der Waals surface area (Å²) in [6, 6.07) is 10.5. The van der Waals surface area contributed by atoms with Crippen molar-refractivity contribution in [1.82, 2.24) is 4.90 Å². The summed E-state index contributed by atoms with van der Waals surface area (Å²) in [7, 11) is -3.87. The van der Waals surface area contributed by atoms with Gasteiger partial charge in [0, 0.05) is 18.8 Å². The molecule has 0 unspecified atom stereocenters. The molecule has 9 heteroatoms. The zero-order valence-corrected chi connectivity index (χ0v) is 16.7. The Bertz CT molecular complexity index is 907. The lowest BCUT2D eigenvalue weighted by atomic mass is 10.1. The third-order valence-corrected chi connectivity index (χ3v) is 6.25. The molecule has 2 aromatic carbocycles. The maximum Gasteiger partial charge on any atom is 0.321 e. The highest BCUT2D eigenvalue weighted by molar-refractivity contribution is 7.92. The van der Waals surface area contributed by atoms with Gasteiger partial charge in [-0.1, -0.05) is 29.3 Å². The molecule has 0 atom stereocenters.